The third kappa shape index (κ3) is 5.87. The summed E-state index contributed by atoms with van der Waals surface area (Å²) in [4.78, 5) is 18.7. The zero-order valence-electron chi connectivity index (χ0n) is 23.7. The van der Waals surface area contributed by atoms with Gasteiger partial charge in [0.2, 0.25) is 0 Å². The summed E-state index contributed by atoms with van der Waals surface area (Å²) in [5.41, 5.74) is 7.05. The molecule has 2 fully saturated rings. The van der Waals surface area contributed by atoms with Gasteiger partial charge in [-0.15, -0.1) is 0 Å². The van der Waals surface area contributed by atoms with Crippen LogP contribution in [-0.2, 0) is 11.2 Å². The number of benzene rings is 1. The fraction of sp³-hybridized carbons (Fsp3) is 0.379. The van der Waals surface area contributed by atoms with Gasteiger partial charge < -0.3 is 20.2 Å². The van der Waals surface area contributed by atoms with Crippen LogP contribution in [-0.4, -0.2) is 65.1 Å². The van der Waals surface area contributed by atoms with Crippen molar-refractivity contribution in [1.82, 2.24) is 19.9 Å². The molecular formula is C29H29F4N7O2S. The smallest absolute Gasteiger partial charge is 0.475 e. The number of thiazole rings is 1. The largest absolute Gasteiger partial charge is 0.490 e. The topological polar surface area (TPSA) is 110 Å². The number of nitrogens with zero attached hydrogens (tertiary/aromatic N) is 6. The van der Waals surface area contributed by atoms with Gasteiger partial charge in [-0.3, -0.25) is 0 Å². The van der Waals surface area contributed by atoms with E-state index in [1.165, 1.54) is 35.6 Å². The standard InChI is InChI=1S/C27H28FN7S.C2HF3O2/c1-4-21-25(33(3)26-31-24(23(13-29)36-26)18-5-7-19(28)8-6-18)22-12-20(11-17(2)35(22)32-21)34-15-27(16-34)9-10-30-14-27;3-2(4,5)1(6)7/h5-8,11-12,30H,4,9-10,14-16H2,1-3H3;(H,6,7). The van der Waals surface area contributed by atoms with Crippen LogP contribution in [0.5, 0.6) is 0 Å². The van der Waals surface area contributed by atoms with Crippen LogP contribution in [0.2, 0.25) is 0 Å². The van der Waals surface area contributed by atoms with Crippen molar-refractivity contribution in [2.45, 2.75) is 32.9 Å². The number of nitrogens with one attached hydrogen (secondary N) is 1. The van der Waals surface area contributed by atoms with Crippen LogP contribution >= 0.6 is 11.3 Å². The first-order chi connectivity index (χ1) is 20.4. The number of hydrogen-bond acceptors (Lipinski definition) is 8. The minimum Gasteiger partial charge on any atom is -0.475 e. The number of alkyl halides is 3. The first kappa shape index (κ1) is 30.2. The fourth-order valence-corrected chi connectivity index (χ4v) is 6.40. The Morgan fingerprint density at radius 3 is 2.49 bits per heavy atom. The maximum absolute atomic E-state index is 13.5. The Morgan fingerprint density at radius 2 is 1.93 bits per heavy atom. The average molecular weight is 616 g/mol. The molecule has 43 heavy (non-hydrogen) atoms. The molecular weight excluding hydrogens is 586 g/mol. The van der Waals surface area contributed by atoms with Gasteiger partial charge >= 0.3 is 12.1 Å². The van der Waals surface area contributed by atoms with Gasteiger partial charge in [-0.2, -0.15) is 23.5 Å². The van der Waals surface area contributed by atoms with Gasteiger partial charge in [0.15, 0.2) is 5.13 Å². The molecule has 0 amide bonds. The lowest BCUT2D eigenvalue weighted by molar-refractivity contribution is -0.192. The molecule has 9 nitrogen and oxygen atoms in total. The van der Waals surface area contributed by atoms with E-state index in [0.717, 1.165) is 60.8 Å². The first-order valence-corrected chi connectivity index (χ1v) is 14.4. The summed E-state index contributed by atoms with van der Waals surface area (Å²) in [6, 6.07) is 12.8. The highest BCUT2D eigenvalue weighted by Gasteiger charge is 2.45. The number of rotatable bonds is 5. The van der Waals surface area contributed by atoms with Crippen LogP contribution in [0.3, 0.4) is 0 Å². The Hall–Kier alpha value is -4.22. The van der Waals surface area contributed by atoms with E-state index in [4.69, 9.17) is 20.0 Å². The molecule has 0 aliphatic carbocycles. The third-order valence-corrected chi connectivity index (χ3v) is 8.76. The first-order valence-electron chi connectivity index (χ1n) is 13.5. The molecule has 2 saturated heterocycles. The van der Waals surface area contributed by atoms with Crippen molar-refractivity contribution < 1.29 is 27.5 Å². The molecule has 0 atom stereocenters. The summed E-state index contributed by atoms with van der Waals surface area (Å²) in [5.74, 6) is -3.07. The van der Waals surface area contributed by atoms with Crippen LogP contribution in [0.25, 0.3) is 16.8 Å². The maximum Gasteiger partial charge on any atom is 0.490 e. The Morgan fingerprint density at radius 1 is 1.26 bits per heavy atom. The van der Waals surface area contributed by atoms with E-state index < -0.39 is 12.1 Å². The number of hydrogen-bond donors (Lipinski definition) is 2. The summed E-state index contributed by atoms with van der Waals surface area (Å²) < 4.78 is 47.2. The van der Waals surface area contributed by atoms with Gasteiger partial charge in [-0.25, -0.2) is 18.7 Å². The van der Waals surface area contributed by atoms with Gasteiger partial charge in [0, 0.05) is 49.0 Å². The second-order valence-corrected chi connectivity index (χ2v) is 11.7. The number of carboxylic acid groups (broad SMARTS) is 1. The van der Waals surface area contributed by atoms with Crippen LogP contribution in [0.1, 0.15) is 29.6 Å². The van der Waals surface area contributed by atoms with Crippen LogP contribution in [0, 0.1) is 29.5 Å². The normalized spacial score (nSPS) is 15.6. The molecule has 2 N–H and O–H groups in total. The van der Waals surface area contributed by atoms with E-state index in [9.17, 15) is 22.8 Å². The van der Waals surface area contributed by atoms with Crippen LogP contribution in [0.15, 0.2) is 36.4 Å². The number of halogens is 4. The highest BCUT2D eigenvalue weighted by Crippen LogP contribution is 2.42. The lowest BCUT2D eigenvalue weighted by Gasteiger charge is -2.49. The second-order valence-electron chi connectivity index (χ2n) is 10.7. The highest BCUT2D eigenvalue weighted by molar-refractivity contribution is 7.16. The summed E-state index contributed by atoms with van der Waals surface area (Å²) in [7, 11) is 1.98. The minimum atomic E-state index is -5.08. The maximum atomic E-state index is 13.5. The quantitative estimate of drug-likeness (QED) is 0.282. The molecule has 6 rings (SSSR count). The molecule has 2 aliphatic rings. The number of anilines is 3. The molecule has 4 aromatic rings. The molecule has 5 heterocycles. The zero-order valence-corrected chi connectivity index (χ0v) is 24.5. The lowest BCUT2D eigenvalue weighted by atomic mass is 9.79. The molecule has 1 aromatic carbocycles. The summed E-state index contributed by atoms with van der Waals surface area (Å²) in [5, 5.41) is 26.1. The van der Waals surface area contributed by atoms with Gasteiger partial charge in [0.1, 0.15) is 22.5 Å². The second kappa shape index (κ2) is 11.5. The molecule has 226 valence electrons. The van der Waals surface area contributed by atoms with Gasteiger partial charge in [-0.05, 0) is 62.7 Å². The number of fused-ring (bicyclic) bond motifs is 1. The van der Waals surface area contributed by atoms with Crippen molar-refractivity contribution in [3.63, 3.8) is 0 Å². The SMILES string of the molecule is CCc1nn2c(C)cc(N3CC4(CCNC4)C3)cc2c1N(C)c1nc(-c2ccc(F)cc2)c(C#N)s1.O=C(O)C(F)(F)F. The van der Waals surface area contributed by atoms with Crippen molar-refractivity contribution in [2.75, 3.05) is 43.0 Å². The Balaban J connectivity index is 0.000000472. The van der Waals surface area contributed by atoms with Crippen molar-refractivity contribution >= 4 is 39.3 Å². The van der Waals surface area contributed by atoms with E-state index in [2.05, 4.69) is 42.3 Å². The van der Waals surface area contributed by atoms with Gasteiger partial charge in [0.05, 0.1) is 16.9 Å². The number of aliphatic carboxylic acids is 1. The number of aryl methyl sites for hydroxylation is 2. The zero-order chi connectivity index (χ0) is 31.1. The number of carbonyl (C=O) groups is 1. The predicted octanol–water partition coefficient (Wildman–Crippen LogP) is 5.54. The Labute approximate surface area is 249 Å². The molecule has 0 saturated carbocycles. The molecule has 1 spiro atoms. The fourth-order valence-electron chi connectivity index (χ4n) is 5.55. The van der Waals surface area contributed by atoms with Crippen LogP contribution in [0.4, 0.5) is 34.1 Å². The van der Waals surface area contributed by atoms with Crippen molar-refractivity contribution in [3.05, 3.63) is 58.5 Å². The Bertz CT molecular complexity index is 1690. The summed E-state index contributed by atoms with van der Waals surface area (Å²) >= 11 is 1.34. The number of aromatic nitrogens is 3. The molecule has 14 heteroatoms. The summed E-state index contributed by atoms with van der Waals surface area (Å²) in [6.07, 6.45) is -3.07. The van der Waals surface area contributed by atoms with Gasteiger partial charge in [0.25, 0.3) is 0 Å². The number of pyridine rings is 1. The van der Waals surface area contributed by atoms with E-state index in [1.54, 1.807) is 12.1 Å². The number of carboxylic acids is 1. The Kier molecular flexibility index (Phi) is 8.06. The lowest BCUT2D eigenvalue weighted by Crippen LogP contribution is -2.57. The predicted molar refractivity (Wildman–Crippen MR) is 155 cm³/mol. The summed E-state index contributed by atoms with van der Waals surface area (Å²) in [6.45, 7) is 8.58. The van der Waals surface area contributed by atoms with E-state index in [-0.39, 0.29) is 5.82 Å². The van der Waals surface area contributed by atoms with E-state index in [0.29, 0.717) is 21.1 Å². The van der Waals surface area contributed by atoms with E-state index in [1.807, 2.05) is 16.5 Å². The average Bonchev–Trinajstić information content (AvgIpc) is 3.69. The highest BCUT2D eigenvalue weighted by atomic mass is 32.1. The molecule has 0 bridgehead atoms. The van der Waals surface area contributed by atoms with Gasteiger partial charge in [-0.1, -0.05) is 18.3 Å². The monoisotopic (exact) mass is 615 g/mol. The van der Waals surface area contributed by atoms with Crippen molar-refractivity contribution in [3.8, 4) is 17.3 Å². The molecule has 0 radical (unpaired) electrons. The minimum absolute atomic E-state index is 0.313. The van der Waals surface area contributed by atoms with Crippen LogP contribution < -0.4 is 15.1 Å². The molecule has 0 unspecified atom stereocenters. The number of nitriles is 1. The third-order valence-electron chi connectivity index (χ3n) is 7.72. The van der Waals surface area contributed by atoms with E-state index >= 15 is 0 Å². The molecule has 2 aliphatic heterocycles. The van der Waals surface area contributed by atoms with Crippen molar-refractivity contribution in [1.29, 1.82) is 5.26 Å². The molecule has 3 aromatic heterocycles. The van der Waals surface area contributed by atoms with Crippen molar-refractivity contribution in [2.24, 2.45) is 5.41 Å².